The van der Waals surface area contributed by atoms with Crippen molar-refractivity contribution in [3.8, 4) is 0 Å². The van der Waals surface area contributed by atoms with Gasteiger partial charge in [-0.3, -0.25) is 33.7 Å². The van der Waals surface area contributed by atoms with Crippen molar-refractivity contribution in [1.82, 2.24) is 35.2 Å². The van der Waals surface area contributed by atoms with Crippen LogP contribution < -0.4 is 16.0 Å². The molecule has 3 heterocycles. The summed E-state index contributed by atoms with van der Waals surface area (Å²) in [6.07, 6.45) is 9.23. The van der Waals surface area contributed by atoms with Crippen LogP contribution in [0.15, 0.2) is 54.9 Å². The van der Waals surface area contributed by atoms with Crippen molar-refractivity contribution in [3.05, 3.63) is 77.6 Å². The first-order valence-electron chi connectivity index (χ1n) is 17.9. The first-order chi connectivity index (χ1) is 24.2. The van der Waals surface area contributed by atoms with Crippen molar-refractivity contribution in [2.24, 2.45) is 5.92 Å². The quantitative estimate of drug-likeness (QED) is 0.231. The SMILES string of the molecule is CCC(=O)N[C@H](Cc1ccc(NC(=O)[C@@H](NC(=O)c2ccnn2CC)C2CCCCCC2)c(F)c1)C(=O)N1CCN(Cc2ccccn2)CC1. The van der Waals surface area contributed by atoms with Crippen molar-refractivity contribution in [2.75, 3.05) is 31.5 Å². The first-order valence-corrected chi connectivity index (χ1v) is 17.9. The number of benzene rings is 1. The Morgan fingerprint density at radius 2 is 1.68 bits per heavy atom. The molecular formula is C37H49FN8O4. The standard InChI is InChI=1S/C37H49FN8O4/c1-3-33(47)41-31(37(50)45-21-19-44(20-22-45)25-28-13-9-10-17-39-28)24-26-14-15-30(29(38)23-26)42-36(49)34(27-11-7-5-6-8-12-27)43-35(48)32-16-18-40-46(32)4-2/h9-10,13-18,23,27,31,34H,3-8,11-12,19-22,24-25H2,1-2H3,(H,41,47)(H,42,49)(H,43,48)/t31-,34+/m1/s1. The van der Waals surface area contributed by atoms with Gasteiger partial charge in [-0.15, -0.1) is 0 Å². The zero-order valence-corrected chi connectivity index (χ0v) is 29.1. The smallest absolute Gasteiger partial charge is 0.270 e. The molecule has 0 spiro atoms. The third-order valence-electron chi connectivity index (χ3n) is 9.67. The van der Waals surface area contributed by atoms with E-state index in [1.54, 1.807) is 41.0 Å². The lowest BCUT2D eigenvalue weighted by atomic mass is 9.91. The van der Waals surface area contributed by atoms with Crippen molar-refractivity contribution in [1.29, 1.82) is 0 Å². The van der Waals surface area contributed by atoms with E-state index in [9.17, 15) is 19.2 Å². The molecule has 2 fully saturated rings. The number of hydrogen-bond acceptors (Lipinski definition) is 7. The molecule has 3 N–H and O–H groups in total. The van der Waals surface area contributed by atoms with Crippen LogP contribution in [-0.2, 0) is 33.9 Å². The number of nitrogens with zero attached hydrogens (tertiary/aromatic N) is 5. The Hall–Kier alpha value is -4.65. The van der Waals surface area contributed by atoms with Crippen LogP contribution in [0.3, 0.4) is 0 Å². The number of piperazine rings is 1. The van der Waals surface area contributed by atoms with E-state index in [1.807, 2.05) is 25.1 Å². The van der Waals surface area contributed by atoms with E-state index < -0.39 is 29.7 Å². The molecule has 268 valence electrons. The van der Waals surface area contributed by atoms with Crippen LogP contribution in [0, 0.1) is 11.7 Å². The minimum Gasteiger partial charge on any atom is -0.344 e. The van der Waals surface area contributed by atoms with E-state index >= 15 is 4.39 Å². The lowest BCUT2D eigenvalue weighted by molar-refractivity contribution is -0.138. The minimum atomic E-state index is -0.865. The number of hydrogen-bond donors (Lipinski definition) is 3. The molecule has 13 heteroatoms. The number of aromatic nitrogens is 3. The summed E-state index contributed by atoms with van der Waals surface area (Å²) in [6.45, 7) is 7.15. The number of carbonyl (C=O) groups is 4. The summed E-state index contributed by atoms with van der Waals surface area (Å²) in [5.41, 5.74) is 1.81. The highest BCUT2D eigenvalue weighted by molar-refractivity contribution is 6.00. The van der Waals surface area contributed by atoms with Crippen LogP contribution in [0.1, 0.15) is 80.5 Å². The molecule has 1 aromatic carbocycles. The number of aryl methyl sites for hydroxylation is 1. The summed E-state index contributed by atoms with van der Waals surface area (Å²) in [5, 5.41) is 12.7. The van der Waals surface area contributed by atoms with Gasteiger partial charge in [-0.25, -0.2) is 4.39 Å². The van der Waals surface area contributed by atoms with Crippen LogP contribution in [0.5, 0.6) is 0 Å². The number of carbonyl (C=O) groups excluding carboxylic acids is 4. The lowest BCUT2D eigenvalue weighted by Gasteiger charge is -2.36. The van der Waals surface area contributed by atoms with Crippen LogP contribution >= 0.6 is 0 Å². The summed E-state index contributed by atoms with van der Waals surface area (Å²) in [5.74, 6) is -2.12. The van der Waals surface area contributed by atoms with Crippen molar-refractivity contribution < 1.29 is 23.6 Å². The topological polar surface area (TPSA) is 142 Å². The highest BCUT2D eigenvalue weighted by Gasteiger charge is 2.33. The molecule has 1 saturated heterocycles. The monoisotopic (exact) mass is 688 g/mol. The molecular weight excluding hydrogens is 639 g/mol. The fourth-order valence-corrected chi connectivity index (χ4v) is 6.83. The van der Waals surface area contributed by atoms with Gasteiger partial charge in [0.15, 0.2) is 0 Å². The van der Waals surface area contributed by atoms with Gasteiger partial charge in [-0.1, -0.05) is 44.7 Å². The average molecular weight is 689 g/mol. The number of pyridine rings is 1. The number of halogens is 1. The van der Waals surface area contributed by atoms with Crippen molar-refractivity contribution >= 4 is 29.3 Å². The molecule has 1 saturated carbocycles. The fraction of sp³-hybridized carbons (Fsp3) is 0.514. The maximum absolute atomic E-state index is 15.6. The van der Waals surface area contributed by atoms with Gasteiger partial charge >= 0.3 is 0 Å². The highest BCUT2D eigenvalue weighted by Crippen LogP contribution is 2.27. The largest absolute Gasteiger partial charge is 0.344 e. The molecule has 2 aliphatic rings. The Morgan fingerprint density at radius 1 is 0.920 bits per heavy atom. The van der Waals surface area contributed by atoms with Gasteiger partial charge in [0.2, 0.25) is 17.7 Å². The van der Waals surface area contributed by atoms with E-state index in [4.69, 9.17) is 0 Å². The van der Waals surface area contributed by atoms with Gasteiger partial charge in [0.05, 0.1) is 11.4 Å². The molecule has 0 unspecified atom stereocenters. The molecule has 4 amide bonds. The Labute approximate surface area is 293 Å². The molecule has 50 heavy (non-hydrogen) atoms. The Morgan fingerprint density at radius 3 is 2.34 bits per heavy atom. The normalized spacial score (nSPS) is 17.0. The van der Waals surface area contributed by atoms with Crippen molar-refractivity contribution in [3.63, 3.8) is 0 Å². The predicted octanol–water partition coefficient (Wildman–Crippen LogP) is 3.93. The van der Waals surface area contributed by atoms with Gasteiger partial charge in [0.25, 0.3) is 5.91 Å². The van der Waals surface area contributed by atoms with E-state index in [0.717, 1.165) is 44.2 Å². The van der Waals surface area contributed by atoms with E-state index in [-0.39, 0.29) is 36.3 Å². The van der Waals surface area contributed by atoms with Gasteiger partial charge in [-0.05, 0) is 61.6 Å². The summed E-state index contributed by atoms with van der Waals surface area (Å²) >= 11 is 0. The Bertz CT molecular complexity index is 1600. The third-order valence-corrected chi connectivity index (χ3v) is 9.67. The molecule has 0 radical (unpaired) electrons. The fourth-order valence-electron chi connectivity index (χ4n) is 6.83. The minimum absolute atomic E-state index is 0.0188. The molecule has 1 aliphatic carbocycles. The molecule has 0 bridgehead atoms. The number of amides is 4. The first kappa shape index (κ1) is 36.6. The highest BCUT2D eigenvalue weighted by atomic mass is 19.1. The predicted molar refractivity (Wildman–Crippen MR) is 187 cm³/mol. The molecule has 12 nitrogen and oxygen atoms in total. The molecule has 2 aromatic heterocycles. The lowest BCUT2D eigenvalue weighted by Crippen LogP contribution is -2.55. The second-order valence-corrected chi connectivity index (χ2v) is 13.1. The number of nitrogens with one attached hydrogen (secondary N) is 3. The maximum atomic E-state index is 15.6. The van der Waals surface area contributed by atoms with Crippen LogP contribution in [0.2, 0.25) is 0 Å². The van der Waals surface area contributed by atoms with Gasteiger partial charge in [0, 0.05) is 64.5 Å². The van der Waals surface area contributed by atoms with E-state index in [0.29, 0.717) is 50.5 Å². The summed E-state index contributed by atoms with van der Waals surface area (Å²) in [7, 11) is 0. The number of rotatable bonds is 13. The third kappa shape index (κ3) is 9.74. The van der Waals surface area contributed by atoms with E-state index in [2.05, 4.69) is 30.9 Å². The Balaban J connectivity index is 1.25. The zero-order valence-electron chi connectivity index (χ0n) is 29.1. The van der Waals surface area contributed by atoms with Crippen molar-refractivity contribution in [2.45, 2.75) is 90.4 Å². The zero-order chi connectivity index (χ0) is 35.5. The molecule has 1 aliphatic heterocycles. The second-order valence-electron chi connectivity index (χ2n) is 13.1. The summed E-state index contributed by atoms with van der Waals surface area (Å²) < 4.78 is 17.2. The van der Waals surface area contributed by atoms with Gasteiger partial charge < -0.3 is 20.9 Å². The number of anilines is 1. The van der Waals surface area contributed by atoms with E-state index in [1.165, 1.54) is 12.1 Å². The summed E-state index contributed by atoms with van der Waals surface area (Å²) in [4.78, 5) is 61.5. The second kappa shape index (κ2) is 17.8. The molecule has 2 atom stereocenters. The maximum Gasteiger partial charge on any atom is 0.270 e. The average Bonchev–Trinajstić information content (AvgIpc) is 3.46. The van der Waals surface area contributed by atoms with Gasteiger partial charge in [0.1, 0.15) is 23.6 Å². The van der Waals surface area contributed by atoms with Crippen LogP contribution in [0.4, 0.5) is 10.1 Å². The van der Waals surface area contributed by atoms with Crippen LogP contribution in [-0.4, -0.2) is 86.5 Å². The van der Waals surface area contributed by atoms with Crippen LogP contribution in [0.25, 0.3) is 0 Å². The Kier molecular flexibility index (Phi) is 13.1. The molecule has 5 rings (SSSR count). The summed E-state index contributed by atoms with van der Waals surface area (Å²) in [6, 6.07) is 10.1. The molecule has 3 aromatic rings. The van der Waals surface area contributed by atoms with Gasteiger partial charge in [-0.2, -0.15) is 5.10 Å².